The number of likely N-dealkylation sites (tertiary alicyclic amines) is 1. The number of aromatic nitrogens is 1. The molecule has 0 saturated carbocycles. The average Bonchev–Trinajstić information content (AvgIpc) is 2.85. The first-order valence-electron chi connectivity index (χ1n) is 5.63. The molecule has 18 heavy (non-hydrogen) atoms. The fraction of sp³-hybridized carbons (Fsp3) is 0.727. The SMILES string of the molecule is COC1(C(F)(F)F)CCN(Cc2cc(C)no2)C1. The van der Waals surface area contributed by atoms with Crippen LogP contribution in [0.4, 0.5) is 13.2 Å². The Labute approximate surface area is 103 Å². The lowest BCUT2D eigenvalue weighted by Crippen LogP contribution is -2.49. The second kappa shape index (κ2) is 4.55. The number of methoxy groups -OCH3 is 1. The predicted octanol–water partition coefficient (Wildman–Crippen LogP) is 2.14. The Bertz CT molecular complexity index is 419. The van der Waals surface area contributed by atoms with Crippen LogP contribution in [0.1, 0.15) is 17.9 Å². The lowest BCUT2D eigenvalue weighted by Gasteiger charge is -2.30. The van der Waals surface area contributed by atoms with Crippen LogP contribution in [0, 0.1) is 6.92 Å². The highest BCUT2D eigenvalue weighted by Crippen LogP contribution is 2.40. The van der Waals surface area contributed by atoms with Gasteiger partial charge in [-0.05, 0) is 13.3 Å². The van der Waals surface area contributed by atoms with E-state index in [1.54, 1.807) is 17.9 Å². The Hall–Kier alpha value is -1.08. The maximum Gasteiger partial charge on any atom is 0.418 e. The van der Waals surface area contributed by atoms with Gasteiger partial charge in [0.05, 0.1) is 12.2 Å². The Morgan fingerprint density at radius 1 is 1.56 bits per heavy atom. The van der Waals surface area contributed by atoms with Gasteiger partial charge in [-0.15, -0.1) is 0 Å². The zero-order chi connectivity index (χ0) is 13.4. The monoisotopic (exact) mass is 264 g/mol. The Balaban J connectivity index is 2.03. The molecule has 1 aliphatic heterocycles. The van der Waals surface area contributed by atoms with Gasteiger partial charge in [-0.2, -0.15) is 13.2 Å². The first-order chi connectivity index (χ1) is 8.36. The molecule has 0 bridgehead atoms. The van der Waals surface area contributed by atoms with E-state index in [4.69, 9.17) is 9.26 Å². The highest BCUT2D eigenvalue weighted by Gasteiger charge is 2.58. The van der Waals surface area contributed by atoms with Crippen LogP contribution in [0.25, 0.3) is 0 Å². The van der Waals surface area contributed by atoms with Crippen molar-refractivity contribution >= 4 is 0 Å². The van der Waals surface area contributed by atoms with E-state index in [0.717, 1.165) is 12.8 Å². The quantitative estimate of drug-likeness (QED) is 0.838. The number of aryl methyl sites for hydroxylation is 1. The van der Waals surface area contributed by atoms with Crippen molar-refractivity contribution in [2.75, 3.05) is 20.2 Å². The molecular formula is C11H15F3N2O2. The third-order valence-corrected chi connectivity index (χ3v) is 3.27. The lowest BCUT2D eigenvalue weighted by atomic mass is 10.0. The van der Waals surface area contributed by atoms with Crippen LogP contribution >= 0.6 is 0 Å². The van der Waals surface area contributed by atoms with E-state index in [9.17, 15) is 13.2 Å². The summed E-state index contributed by atoms with van der Waals surface area (Å²) in [6.45, 7) is 2.24. The molecule has 0 aromatic carbocycles. The fourth-order valence-electron chi connectivity index (χ4n) is 2.22. The van der Waals surface area contributed by atoms with E-state index in [1.807, 2.05) is 0 Å². The van der Waals surface area contributed by atoms with Crippen molar-refractivity contribution in [1.29, 1.82) is 0 Å². The lowest BCUT2D eigenvalue weighted by molar-refractivity contribution is -0.264. The number of hydrogen-bond acceptors (Lipinski definition) is 4. The maximum atomic E-state index is 12.9. The minimum absolute atomic E-state index is 0.0554. The molecule has 1 unspecified atom stereocenters. The molecule has 1 fully saturated rings. The van der Waals surface area contributed by atoms with Crippen LogP contribution in [0.15, 0.2) is 10.6 Å². The van der Waals surface area contributed by atoms with Crippen LogP contribution in [-0.4, -0.2) is 42.0 Å². The third-order valence-electron chi connectivity index (χ3n) is 3.27. The van der Waals surface area contributed by atoms with Crippen LogP contribution < -0.4 is 0 Å². The van der Waals surface area contributed by atoms with Gasteiger partial charge >= 0.3 is 6.18 Å². The van der Waals surface area contributed by atoms with E-state index >= 15 is 0 Å². The van der Waals surface area contributed by atoms with Crippen molar-refractivity contribution in [2.24, 2.45) is 0 Å². The summed E-state index contributed by atoms with van der Waals surface area (Å²) in [4.78, 5) is 1.66. The summed E-state index contributed by atoms with van der Waals surface area (Å²) in [7, 11) is 1.11. The topological polar surface area (TPSA) is 38.5 Å². The molecule has 7 heteroatoms. The second-order valence-electron chi connectivity index (χ2n) is 4.59. The first kappa shape index (κ1) is 13.4. The Morgan fingerprint density at radius 2 is 2.28 bits per heavy atom. The van der Waals surface area contributed by atoms with Crippen LogP contribution in [0.5, 0.6) is 0 Å². The molecule has 4 nitrogen and oxygen atoms in total. The number of alkyl halides is 3. The van der Waals surface area contributed by atoms with Crippen molar-refractivity contribution in [1.82, 2.24) is 10.1 Å². The average molecular weight is 264 g/mol. The van der Waals surface area contributed by atoms with Crippen molar-refractivity contribution in [3.05, 3.63) is 17.5 Å². The van der Waals surface area contributed by atoms with Crippen LogP contribution in [-0.2, 0) is 11.3 Å². The number of rotatable bonds is 3. The molecular weight excluding hydrogens is 249 g/mol. The van der Waals surface area contributed by atoms with Crippen molar-refractivity contribution in [3.8, 4) is 0 Å². The van der Waals surface area contributed by atoms with Gasteiger partial charge in [0.1, 0.15) is 0 Å². The van der Waals surface area contributed by atoms with E-state index in [2.05, 4.69) is 5.16 Å². The van der Waals surface area contributed by atoms with Gasteiger partial charge in [0.15, 0.2) is 11.4 Å². The summed E-state index contributed by atoms with van der Waals surface area (Å²) in [5.74, 6) is 0.571. The van der Waals surface area contributed by atoms with Crippen LogP contribution in [0.2, 0.25) is 0 Å². The molecule has 0 spiro atoms. The molecule has 1 aromatic heterocycles. The van der Waals surface area contributed by atoms with Crippen molar-refractivity contribution < 1.29 is 22.4 Å². The highest BCUT2D eigenvalue weighted by atomic mass is 19.4. The third kappa shape index (κ3) is 2.37. The zero-order valence-electron chi connectivity index (χ0n) is 10.3. The summed E-state index contributed by atoms with van der Waals surface area (Å²) in [5, 5.41) is 3.71. The van der Waals surface area contributed by atoms with Gasteiger partial charge in [0, 0.05) is 26.3 Å². The zero-order valence-corrected chi connectivity index (χ0v) is 10.3. The number of ether oxygens (including phenoxy) is 1. The molecule has 2 heterocycles. The fourth-order valence-corrected chi connectivity index (χ4v) is 2.22. The molecule has 0 radical (unpaired) electrons. The largest absolute Gasteiger partial charge is 0.418 e. The summed E-state index contributed by atoms with van der Waals surface area (Å²) in [5.41, 5.74) is -1.33. The molecule has 1 aromatic rings. The molecule has 0 N–H and O–H groups in total. The number of nitrogens with zero attached hydrogens (tertiary/aromatic N) is 2. The highest BCUT2D eigenvalue weighted by molar-refractivity contribution is 5.05. The Morgan fingerprint density at radius 3 is 2.72 bits per heavy atom. The number of hydrogen-bond donors (Lipinski definition) is 0. The van der Waals surface area contributed by atoms with E-state index in [0.29, 0.717) is 18.8 Å². The molecule has 0 amide bonds. The molecule has 102 valence electrons. The summed E-state index contributed by atoms with van der Waals surface area (Å²) < 4.78 is 48.6. The molecule has 0 aliphatic carbocycles. The smallest absolute Gasteiger partial charge is 0.367 e. The molecule has 1 atom stereocenters. The minimum Gasteiger partial charge on any atom is -0.367 e. The molecule has 2 rings (SSSR count). The first-order valence-corrected chi connectivity index (χ1v) is 5.63. The molecule has 1 aliphatic rings. The minimum atomic E-state index is -4.35. The van der Waals surface area contributed by atoms with Gasteiger partial charge < -0.3 is 9.26 Å². The maximum absolute atomic E-state index is 12.9. The summed E-state index contributed by atoms with van der Waals surface area (Å²) in [6, 6.07) is 1.72. The van der Waals surface area contributed by atoms with E-state index in [1.165, 1.54) is 0 Å². The Kier molecular flexibility index (Phi) is 3.37. The molecule has 1 saturated heterocycles. The van der Waals surface area contributed by atoms with Gasteiger partial charge in [0.2, 0.25) is 0 Å². The van der Waals surface area contributed by atoms with Gasteiger partial charge in [0.25, 0.3) is 0 Å². The van der Waals surface area contributed by atoms with Gasteiger partial charge in [-0.3, -0.25) is 4.90 Å². The van der Waals surface area contributed by atoms with Crippen molar-refractivity contribution in [3.63, 3.8) is 0 Å². The summed E-state index contributed by atoms with van der Waals surface area (Å²) >= 11 is 0. The van der Waals surface area contributed by atoms with Crippen molar-refractivity contribution in [2.45, 2.75) is 31.7 Å². The van der Waals surface area contributed by atoms with E-state index in [-0.39, 0.29) is 13.0 Å². The van der Waals surface area contributed by atoms with E-state index < -0.39 is 11.8 Å². The standard InChI is InChI=1S/C11H15F3N2O2/c1-8-5-9(18-15-8)6-16-4-3-10(7-16,17-2)11(12,13)14/h5H,3-4,6-7H2,1-2H3. The predicted molar refractivity (Wildman–Crippen MR) is 56.9 cm³/mol. The van der Waals surface area contributed by atoms with Gasteiger partial charge in [-0.1, -0.05) is 5.16 Å². The second-order valence-corrected chi connectivity index (χ2v) is 4.59. The number of halogens is 3. The summed E-state index contributed by atoms with van der Waals surface area (Å²) in [6.07, 6.45) is -4.41. The normalized spacial score (nSPS) is 25.8. The van der Waals surface area contributed by atoms with Crippen LogP contribution in [0.3, 0.4) is 0 Å². The van der Waals surface area contributed by atoms with Gasteiger partial charge in [-0.25, -0.2) is 0 Å².